The van der Waals surface area contributed by atoms with Crippen molar-refractivity contribution in [1.82, 2.24) is 10.3 Å². The number of thiocarbonyl (C=S) groups is 1. The molecule has 5 nitrogen and oxygen atoms in total. The van der Waals surface area contributed by atoms with E-state index in [0.717, 1.165) is 48.4 Å². The monoisotopic (exact) mass is 362 g/mol. The van der Waals surface area contributed by atoms with Gasteiger partial charge in [-0.25, -0.2) is 4.98 Å². The van der Waals surface area contributed by atoms with E-state index in [0.29, 0.717) is 11.7 Å². The maximum Gasteiger partial charge on any atom is 0.171 e. The molecule has 7 heteroatoms. The van der Waals surface area contributed by atoms with Gasteiger partial charge >= 0.3 is 0 Å². The zero-order valence-corrected chi connectivity index (χ0v) is 14.7. The number of nitrogens with one attached hydrogen (secondary N) is 2. The topological polar surface area (TPSA) is 49.4 Å². The SMILES string of the molecule is S=C(NCc1ccccc1Cl)Nc1ccc(N2CCOCC2)nc1. The number of halogens is 1. The minimum atomic E-state index is 0.538. The Morgan fingerprint density at radius 3 is 2.71 bits per heavy atom. The van der Waals surface area contributed by atoms with Crippen LogP contribution in [-0.2, 0) is 11.3 Å². The van der Waals surface area contributed by atoms with Crippen LogP contribution in [0.5, 0.6) is 0 Å². The van der Waals surface area contributed by atoms with E-state index in [2.05, 4.69) is 20.5 Å². The second-order valence-electron chi connectivity index (χ2n) is 5.40. The molecular weight excluding hydrogens is 344 g/mol. The first-order valence-corrected chi connectivity index (χ1v) is 8.58. The number of nitrogens with zero attached hydrogens (tertiary/aromatic N) is 2. The summed E-state index contributed by atoms with van der Waals surface area (Å²) in [7, 11) is 0. The first kappa shape index (κ1) is 17.0. The van der Waals surface area contributed by atoms with Gasteiger partial charge in [0.05, 0.1) is 25.1 Å². The van der Waals surface area contributed by atoms with E-state index in [9.17, 15) is 0 Å². The minimum absolute atomic E-state index is 0.538. The molecule has 1 aromatic carbocycles. The third-order valence-electron chi connectivity index (χ3n) is 3.74. The quantitative estimate of drug-likeness (QED) is 0.815. The molecule has 1 aliphatic heterocycles. The lowest BCUT2D eigenvalue weighted by Crippen LogP contribution is -2.36. The van der Waals surface area contributed by atoms with E-state index in [-0.39, 0.29) is 0 Å². The summed E-state index contributed by atoms with van der Waals surface area (Å²) >= 11 is 11.4. The number of pyridine rings is 1. The Morgan fingerprint density at radius 2 is 2.00 bits per heavy atom. The van der Waals surface area contributed by atoms with Crippen molar-refractivity contribution in [3.8, 4) is 0 Å². The zero-order valence-electron chi connectivity index (χ0n) is 13.2. The summed E-state index contributed by atoms with van der Waals surface area (Å²) in [5.41, 5.74) is 1.85. The van der Waals surface area contributed by atoms with E-state index in [1.54, 1.807) is 6.20 Å². The van der Waals surface area contributed by atoms with E-state index in [4.69, 9.17) is 28.6 Å². The molecule has 1 aromatic heterocycles. The van der Waals surface area contributed by atoms with Crippen LogP contribution >= 0.6 is 23.8 Å². The zero-order chi connectivity index (χ0) is 16.8. The van der Waals surface area contributed by atoms with Crippen molar-refractivity contribution in [2.24, 2.45) is 0 Å². The molecule has 0 radical (unpaired) electrons. The fourth-order valence-electron chi connectivity index (χ4n) is 2.43. The summed E-state index contributed by atoms with van der Waals surface area (Å²) < 4.78 is 5.35. The van der Waals surface area contributed by atoms with Gasteiger partial charge in [-0.2, -0.15) is 0 Å². The van der Waals surface area contributed by atoms with Crippen LogP contribution in [0.15, 0.2) is 42.6 Å². The van der Waals surface area contributed by atoms with Crippen LogP contribution in [0.3, 0.4) is 0 Å². The number of aromatic nitrogens is 1. The Kier molecular flexibility index (Phi) is 5.85. The van der Waals surface area contributed by atoms with Crippen molar-refractivity contribution < 1.29 is 4.74 Å². The van der Waals surface area contributed by atoms with Gasteiger partial charge in [0.15, 0.2) is 5.11 Å². The first-order valence-electron chi connectivity index (χ1n) is 7.79. The maximum atomic E-state index is 6.13. The molecule has 24 heavy (non-hydrogen) atoms. The Balaban J connectivity index is 1.52. The van der Waals surface area contributed by atoms with Crippen LogP contribution in [0, 0.1) is 0 Å². The van der Waals surface area contributed by atoms with Gasteiger partial charge < -0.3 is 20.3 Å². The van der Waals surface area contributed by atoms with E-state index < -0.39 is 0 Å². The number of hydrogen-bond donors (Lipinski definition) is 2. The summed E-state index contributed by atoms with van der Waals surface area (Å²) in [5, 5.41) is 7.54. The second kappa shape index (κ2) is 8.28. The van der Waals surface area contributed by atoms with Crippen LogP contribution in [0.25, 0.3) is 0 Å². The lowest BCUT2D eigenvalue weighted by Gasteiger charge is -2.27. The van der Waals surface area contributed by atoms with Crippen molar-refractivity contribution in [3.63, 3.8) is 0 Å². The minimum Gasteiger partial charge on any atom is -0.378 e. The Bertz CT molecular complexity index is 689. The molecule has 0 aliphatic carbocycles. The van der Waals surface area contributed by atoms with Gasteiger partial charge in [0, 0.05) is 24.7 Å². The predicted octanol–water partition coefficient (Wildman–Crippen LogP) is 3.06. The normalized spacial score (nSPS) is 14.3. The van der Waals surface area contributed by atoms with Crippen LogP contribution < -0.4 is 15.5 Å². The molecule has 0 unspecified atom stereocenters. The fraction of sp³-hybridized carbons (Fsp3) is 0.294. The van der Waals surface area contributed by atoms with Crippen molar-refractivity contribution in [3.05, 3.63) is 53.2 Å². The molecule has 1 saturated heterocycles. The Labute approximate surface area is 152 Å². The van der Waals surface area contributed by atoms with Crippen molar-refractivity contribution >= 4 is 40.4 Å². The molecular formula is C17H19ClN4OS. The molecule has 1 aliphatic rings. The highest BCUT2D eigenvalue weighted by Gasteiger charge is 2.12. The molecule has 1 fully saturated rings. The molecule has 3 rings (SSSR count). The number of hydrogen-bond acceptors (Lipinski definition) is 4. The van der Waals surface area contributed by atoms with Crippen molar-refractivity contribution in [2.75, 3.05) is 36.5 Å². The molecule has 2 heterocycles. The number of ether oxygens (including phenoxy) is 1. The van der Waals surface area contributed by atoms with Gasteiger partial charge in [-0.05, 0) is 36.0 Å². The van der Waals surface area contributed by atoms with Crippen LogP contribution in [-0.4, -0.2) is 36.4 Å². The van der Waals surface area contributed by atoms with Gasteiger partial charge in [0.1, 0.15) is 5.82 Å². The smallest absolute Gasteiger partial charge is 0.171 e. The van der Waals surface area contributed by atoms with E-state index >= 15 is 0 Å². The van der Waals surface area contributed by atoms with E-state index in [1.807, 2.05) is 36.4 Å². The highest BCUT2D eigenvalue weighted by atomic mass is 35.5. The number of anilines is 2. The van der Waals surface area contributed by atoms with Gasteiger partial charge in [-0.1, -0.05) is 29.8 Å². The molecule has 0 bridgehead atoms. The first-order chi connectivity index (χ1) is 11.7. The Morgan fingerprint density at radius 1 is 1.21 bits per heavy atom. The lowest BCUT2D eigenvalue weighted by molar-refractivity contribution is 0.122. The van der Waals surface area contributed by atoms with Crippen LogP contribution in [0.2, 0.25) is 5.02 Å². The number of benzene rings is 1. The van der Waals surface area contributed by atoms with Gasteiger partial charge in [-0.3, -0.25) is 0 Å². The average molecular weight is 363 g/mol. The average Bonchev–Trinajstić information content (AvgIpc) is 2.62. The summed E-state index contributed by atoms with van der Waals surface area (Å²) in [6.45, 7) is 3.81. The van der Waals surface area contributed by atoms with Crippen molar-refractivity contribution in [1.29, 1.82) is 0 Å². The maximum absolute atomic E-state index is 6.13. The molecule has 0 spiro atoms. The third-order valence-corrected chi connectivity index (χ3v) is 4.35. The Hall–Kier alpha value is -1.89. The van der Waals surface area contributed by atoms with E-state index in [1.165, 1.54) is 0 Å². The third kappa shape index (κ3) is 4.56. The molecule has 2 N–H and O–H groups in total. The fourth-order valence-corrected chi connectivity index (χ4v) is 2.82. The summed E-state index contributed by atoms with van der Waals surface area (Å²) in [6, 6.07) is 11.7. The molecule has 2 aromatic rings. The van der Waals surface area contributed by atoms with Crippen LogP contribution in [0.1, 0.15) is 5.56 Å². The second-order valence-corrected chi connectivity index (χ2v) is 6.22. The standard InChI is InChI=1S/C17H19ClN4OS/c18-15-4-2-1-3-13(15)11-20-17(24)21-14-5-6-16(19-12-14)22-7-9-23-10-8-22/h1-6,12H,7-11H2,(H2,20,21,24). The lowest BCUT2D eigenvalue weighted by atomic mass is 10.2. The highest BCUT2D eigenvalue weighted by molar-refractivity contribution is 7.80. The predicted molar refractivity (Wildman–Crippen MR) is 102 cm³/mol. The summed E-state index contributed by atoms with van der Waals surface area (Å²) in [4.78, 5) is 6.70. The molecule has 126 valence electrons. The molecule has 0 saturated carbocycles. The van der Waals surface area contributed by atoms with Gasteiger partial charge in [0.2, 0.25) is 0 Å². The van der Waals surface area contributed by atoms with Crippen LogP contribution in [0.4, 0.5) is 11.5 Å². The van der Waals surface area contributed by atoms with Gasteiger partial charge in [0.25, 0.3) is 0 Å². The highest BCUT2D eigenvalue weighted by Crippen LogP contribution is 2.16. The number of morpholine rings is 1. The molecule has 0 atom stereocenters. The van der Waals surface area contributed by atoms with Crippen molar-refractivity contribution in [2.45, 2.75) is 6.54 Å². The number of rotatable bonds is 4. The largest absolute Gasteiger partial charge is 0.378 e. The van der Waals surface area contributed by atoms with Gasteiger partial charge in [-0.15, -0.1) is 0 Å². The summed E-state index contributed by atoms with van der Waals surface area (Å²) in [6.07, 6.45) is 1.79. The summed E-state index contributed by atoms with van der Waals surface area (Å²) in [5.74, 6) is 0.957. The molecule has 0 amide bonds.